The number of hydrogen-bond donors (Lipinski definition) is 2. The number of alkyl halides is 2. The fourth-order valence-electron chi connectivity index (χ4n) is 4.50. The molecule has 3 heterocycles. The summed E-state index contributed by atoms with van der Waals surface area (Å²) in [5.41, 5.74) is 12.9. The predicted octanol–water partition coefficient (Wildman–Crippen LogP) is 4.26. The lowest BCUT2D eigenvalue weighted by atomic mass is 9.95. The molecule has 2 aliphatic rings. The van der Waals surface area contributed by atoms with E-state index >= 15 is 0 Å². The van der Waals surface area contributed by atoms with Crippen molar-refractivity contribution in [1.29, 1.82) is 0 Å². The second-order valence-electron chi connectivity index (χ2n) is 9.67. The van der Waals surface area contributed by atoms with Gasteiger partial charge in [0.05, 0.1) is 31.0 Å². The van der Waals surface area contributed by atoms with Gasteiger partial charge in [0.1, 0.15) is 28.3 Å². The molecule has 4 N–H and O–H groups in total. The van der Waals surface area contributed by atoms with E-state index in [-0.39, 0.29) is 25.0 Å². The van der Waals surface area contributed by atoms with Gasteiger partial charge in [0.15, 0.2) is 5.13 Å². The fraction of sp³-hybridized carbons (Fsp3) is 0.423. The third-order valence-electron chi connectivity index (χ3n) is 6.79. The second kappa shape index (κ2) is 10.1. The molecule has 3 atom stereocenters. The number of hydrogen-bond acceptors (Lipinski definition) is 8. The van der Waals surface area contributed by atoms with Gasteiger partial charge in [0.2, 0.25) is 0 Å². The molecular weight excluding hydrogens is 500 g/mol. The number of ether oxygens (including phenoxy) is 2. The largest absolute Gasteiger partial charge is 0.491 e. The van der Waals surface area contributed by atoms with E-state index in [9.17, 15) is 13.6 Å². The molecule has 2 fully saturated rings. The van der Waals surface area contributed by atoms with E-state index in [0.29, 0.717) is 34.4 Å². The summed E-state index contributed by atoms with van der Waals surface area (Å²) < 4.78 is 37.6. The van der Waals surface area contributed by atoms with Crippen molar-refractivity contribution in [2.45, 2.75) is 44.1 Å². The number of carbonyl (C=O) groups is 1. The quantitative estimate of drug-likeness (QED) is 0.403. The Morgan fingerprint density at radius 3 is 2.62 bits per heavy atom. The van der Waals surface area contributed by atoms with Gasteiger partial charge in [0.25, 0.3) is 11.8 Å². The number of anilines is 2. The SMILES string of the molecule is C[C@@H](Cc1nc(N)sc1C(N)=O)c1ccc(O[C@@H]2CCN(c3ccc(OCC4CC4(F)F)cn3)C2)cc1. The van der Waals surface area contributed by atoms with Gasteiger partial charge in [-0.1, -0.05) is 30.4 Å². The molecule has 196 valence electrons. The highest BCUT2D eigenvalue weighted by molar-refractivity contribution is 7.17. The van der Waals surface area contributed by atoms with Crippen LogP contribution in [0.1, 0.15) is 46.6 Å². The summed E-state index contributed by atoms with van der Waals surface area (Å²) in [4.78, 5) is 22.9. The molecule has 11 heteroatoms. The van der Waals surface area contributed by atoms with E-state index in [4.69, 9.17) is 20.9 Å². The Morgan fingerprint density at radius 2 is 1.97 bits per heavy atom. The predicted molar refractivity (Wildman–Crippen MR) is 138 cm³/mol. The van der Waals surface area contributed by atoms with Crippen molar-refractivity contribution >= 4 is 28.2 Å². The second-order valence-corrected chi connectivity index (χ2v) is 10.7. The number of nitrogens with zero attached hydrogens (tertiary/aromatic N) is 3. The number of rotatable bonds is 10. The van der Waals surface area contributed by atoms with E-state index in [0.717, 1.165) is 41.4 Å². The minimum absolute atomic E-state index is 0.0130. The molecule has 2 aromatic heterocycles. The lowest BCUT2D eigenvalue weighted by molar-refractivity contribution is 0.0855. The summed E-state index contributed by atoms with van der Waals surface area (Å²) in [5.74, 6) is -1.57. The van der Waals surface area contributed by atoms with Crippen molar-refractivity contribution in [2.24, 2.45) is 11.7 Å². The van der Waals surface area contributed by atoms with Crippen LogP contribution in [-0.2, 0) is 6.42 Å². The fourth-order valence-corrected chi connectivity index (χ4v) is 5.21. The van der Waals surface area contributed by atoms with Crippen molar-refractivity contribution in [3.05, 3.63) is 58.7 Å². The molecule has 1 amide bonds. The number of carbonyl (C=O) groups excluding carboxylic acids is 1. The van der Waals surface area contributed by atoms with Gasteiger partial charge >= 0.3 is 0 Å². The molecule has 1 unspecified atom stereocenters. The normalized spacial score (nSPS) is 21.0. The number of nitrogens with two attached hydrogens (primary N) is 2. The average molecular weight is 530 g/mol. The maximum absolute atomic E-state index is 13.0. The van der Waals surface area contributed by atoms with Crippen molar-refractivity contribution < 1.29 is 23.0 Å². The van der Waals surface area contributed by atoms with Crippen LogP contribution in [0.5, 0.6) is 11.5 Å². The molecule has 0 radical (unpaired) electrons. The monoisotopic (exact) mass is 529 g/mol. The zero-order chi connectivity index (χ0) is 26.2. The number of pyridine rings is 1. The summed E-state index contributed by atoms with van der Waals surface area (Å²) in [5, 5.41) is 0.339. The summed E-state index contributed by atoms with van der Waals surface area (Å²) in [6.45, 7) is 3.58. The topological polar surface area (TPSA) is 117 Å². The molecule has 1 saturated heterocycles. The average Bonchev–Trinajstić information content (AvgIpc) is 3.17. The van der Waals surface area contributed by atoms with Gasteiger partial charge in [0, 0.05) is 19.4 Å². The van der Waals surface area contributed by atoms with Crippen LogP contribution in [0.15, 0.2) is 42.6 Å². The Balaban J connectivity index is 1.11. The third-order valence-corrected chi connectivity index (χ3v) is 7.73. The molecule has 5 rings (SSSR count). The van der Waals surface area contributed by atoms with Crippen molar-refractivity contribution in [1.82, 2.24) is 9.97 Å². The minimum Gasteiger partial charge on any atom is -0.491 e. The molecule has 1 saturated carbocycles. The first-order chi connectivity index (χ1) is 17.7. The first kappa shape index (κ1) is 25.2. The Kier molecular flexibility index (Phi) is 6.89. The van der Waals surface area contributed by atoms with Gasteiger partial charge in [-0.25, -0.2) is 18.7 Å². The molecular formula is C26H29F2N5O3S. The van der Waals surface area contributed by atoms with Gasteiger partial charge in [-0.05, 0) is 42.2 Å². The van der Waals surface area contributed by atoms with E-state index < -0.39 is 17.7 Å². The van der Waals surface area contributed by atoms with Crippen LogP contribution < -0.4 is 25.8 Å². The maximum atomic E-state index is 13.0. The van der Waals surface area contributed by atoms with Gasteiger partial charge in [-0.3, -0.25) is 4.79 Å². The molecule has 3 aromatic rings. The highest BCUT2D eigenvalue weighted by Crippen LogP contribution is 2.48. The zero-order valence-electron chi connectivity index (χ0n) is 20.4. The molecule has 1 aromatic carbocycles. The highest BCUT2D eigenvalue weighted by Gasteiger charge is 2.57. The summed E-state index contributed by atoms with van der Waals surface area (Å²) in [7, 11) is 0. The number of aromatic nitrogens is 2. The first-order valence-electron chi connectivity index (χ1n) is 12.2. The Bertz CT molecular complexity index is 1250. The smallest absolute Gasteiger partial charge is 0.260 e. The van der Waals surface area contributed by atoms with Crippen LogP contribution in [-0.4, -0.2) is 47.6 Å². The lowest BCUT2D eigenvalue weighted by Gasteiger charge is -2.19. The molecule has 1 aliphatic heterocycles. The first-order valence-corrected chi connectivity index (χ1v) is 13.0. The highest BCUT2D eigenvalue weighted by atomic mass is 32.1. The number of thiazole rings is 1. The molecule has 0 bridgehead atoms. The minimum atomic E-state index is -2.58. The summed E-state index contributed by atoms with van der Waals surface area (Å²) >= 11 is 1.12. The number of benzene rings is 1. The standard InChI is InChI=1S/C26H29F2N5O3S/c1-15(10-21-23(24(29)34)37-25(30)32-21)16-2-4-18(5-3-16)36-20-8-9-33(13-20)22-7-6-19(12-31-22)35-14-17-11-26(17,27)28/h2-7,12,15,17,20H,8-11,13-14H2,1H3,(H2,29,34)(H2,30,32)/t15-,17?,20+/m0/s1. The summed E-state index contributed by atoms with van der Waals surface area (Å²) in [6.07, 6.45) is 2.92. The molecule has 37 heavy (non-hydrogen) atoms. The van der Waals surface area contributed by atoms with Crippen LogP contribution >= 0.6 is 11.3 Å². The van der Waals surface area contributed by atoms with E-state index in [2.05, 4.69) is 21.8 Å². The third kappa shape index (κ3) is 5.93. The van der Waals surface area contributed by atoms with Crippen LogP contribution in [0.2, 0.25) is 0 Å². The molecule has 0 spiro atoms. The van der Waals surface area contributed by atoms with Crippen LogP contribution in [0.25, 0.3) is 0 Å². The Labute approximate surface area is 217 Å². The summed E-state index contributed by atoms with van der Waals surface area (Å²) in [6, 6.07) is 11.6. The van der Waals surface area contributed by atoms with Crippen LogP contribution in [0.4, 0.5) is 19.7 Å². The van der Waals surface area contributed by atoms with Crippen molar-refractivity contribution in [3.63, 3.8) is 0 Å². The van der Waals surface area contributed by atoms with E-state index in [1.165, 1.54) is 0 Å². The van der Waals surface area contributed by atoms with Crippen molar-refractivity contribution in [3.8, 4) is 11.5 Å². The van der Waals surface area contributed by atoms with Crippen molar-refractivity contribution in [2.75, 3.05) is 30.3 Å². The van der Waals surface area contributed by atoms with Crippen LogP contribution in [0.3, 0.4) is 0 Å². The number of primary amides is 1. The van der Waals surface area contributed by atoms with E-state index in [1.54, 1.807) is 12.3 Å². The zero-order valence-corrected chi connectivity index (χ0v) is 21.2. The Morgan fingerprint density at radius 1 is 1.24 bits per heavy atom. The number of halogens is 2. The van der Waals surface area contributed by atoms with Gasteiger partial charge in [-0.2, -0.15) is 0 Å². The van der Waals surface area contributed by atoms with Crippen LogP contribution in [0, 0.1) is 5.92 Å². The lowest BCUT2D eigenvalue weighted by Crippen LogP contribution is -2.25. The van der Waals surface area contributed by atoms with Gasteiger partial charge in [-0.15, -0.1) is 0 Å². The molecule has 1 aliphatic carbocycles. The Hall–Kier alpha value is -3.47. The maximum Gasteiger partial charge on any atom is 0.260 e. The number of amides is 1. The van der Waals surface area contributed by atoms with E-state index in [1.807, 2.05) is 30.3 Å². The van der Waals surface area contributed by atoms with Gasteiger partial charge < -0.3 is 25.8 Å². The molecule has 8 nitrogen and oxygen atoms in total. The number of nitrogen functional groups attached to an aromatic ring is 1.